The summed E-state index contributed by atoms with van der Waals surface area (Å²) in [6.45, 7) is 15.2. The summed E-state index contributed by atoms with van der Waals surface area (Å²) in [5.41, 5.74) is 10.1. The van der Waals surface area contributed by atoms with Crippen molar-refractivity contribution in [2.45, 2.75) is 124 Å². The molecule has 6 atom stereocenters. The lowest BCUT2D eigenvalue weighted by Gasteiger charge is -2.37. The van der Waals surface area contributed by atoms with Crippen molar-refractivity contribution in [2.75, 3.05) is 33.8 Å². The van der Waals surface area contributed by atoms with Crippen LogP contribution in [-0.2, 0) is 48.1 Å². The van der Waals surface area contributed by atoms with Gasteiger partial charge in [0.1, 0.15) is 23.9 Å². The van der Waals surface area contributed by atoms with E-state index in [1.54, 1.807) is 26.2 Å². The van der Waals surface area contributed by atoms with Crippen molar-refractivity contribution >= 4 is 40.5 Å². The molecule has 4 aliphatic rings. The maximum absolute atomic E-state index is 14.7. The lowest BCUT2D eigenvalue weighted by Crippen LogP contribution is -2.62. The summed E-state index contributed by atoms with van der Waals surface area (Å²) in [6.07, 6.45) is 6.31. The number of amides is 4. The number of pyridine rings is 1. The number of phenolic OH excluding ortho intramolecular Hbond substituents is 1. The molecule has 8 rings (SSSR count). The predicted molar refractivity (Wildman–Crippen MR) is 257 cm³/mol. The highest BCUT2D eigenvalue weighted by Gasteiger charge is 2.49. The number of esters is 1. The molecule has 4 amide bonds. The van der Waals surface area contributed by atoms with Gasteiger partial charge in [0.2, 0.25) is 17.7 Å². The zero-order chi connectivity index (χ0) is 48.1. The molecule has 14 nitrogen and oxygen atoms in total. The molecule has 3 N–H and O–H groups in total. The average molecular weight is 916 g/mol. The zero-order valence-electron chi connectivity index (χ0n) is 40.7. The van der Waals surface area contributed by atoms with E-state index >= 15 is 0 Å². The lowest BCUT2D eigenvalue weighted by atomic mass is 9.83. The number of nitrogens with one attached hydrogen (secondary N) is 2. The average Bonchev–Trinajstić information content (AvgIpc) is 3.78. The molecule has 2 aromatic heterocycles. The van der Waals surface area contributed by atoms with E-state index in [1.165, 1.54) is 21.2 Å². The van der Waals surface area contributed by atoms with Crippen molar-refractivity contribution in [3.05, 3.63) is 71.5 Å². The van der Waals surface area contributed by atoms with Crippen LogP contribution in [-0.4, -0.2) is 111 Å². The van der Waals surface area contributed by atoms with Crippen LogP contribution in [0.25, 0.3) is 33.3 Å². The SMILES string of the molecule is CCn1c(-c2cccnc2C(C)C)c2c3cc(ccc31)-c1cc(O)cc(c1)C[C@H](NC(=O)[C@H](C(C)C)N(C)C(=O)CN(C)C(=O)[C@H]1C[C@@H]3C[C@@H]3C1)C(=O)N1CCC[C@H](N1)C(=O)OCC(C)(C)C2. The van der Waals surface area contributed by atoms with Gasteiger partial charge in [-0.05, 0) is 128 Å². The van der Waals surface area contributed by atoms with Gasteiger partial charge in [-0.3, -0.25) is 34.0 Å². The van der Waals surface area contributed by atoms with Gasteiger partial charge >= 0.3 is 5.97 Å². The smallest absolute Gasteiger partial charge is 0.324 e. The number of benzene rings is 2. The Kier molecular flexibility index (Phi) is 13.6. The molecule has 4 aromatic rings. The first-order chi connectivity index (χ1) is 31.8. The van der Waals surface area contributed by atoms with E-state index in [1.807, 2.05) is 38.2 Å². The molecule has 2 saturated carbocycles. The lowest BCUT2D eigenvalue weighted by molar-refractivity contribution is -0.155. The third-order valence-corrected chi connectivity index (χ3v) is 14.5. The minimum absolute atomic E-state index is 0.000607. The molecule has 67 heavy (non-hydrogen) atoms. The number of cyclic esters (lactones) is 1. The van der Waals surface area contributed by atoms with E-state index in [4.69, 9.17) is 9.72 Å². The van der Waals surface area contributed by atoms with Gasteiger partial charge in [0, 0.05) is 67.6 Å². The number of hydrogen-bond acceptors (Lipinski definition) is 9. The third kappa shape index (κ3) is 9.96. The molecule has 358 valence electrons. The van der Waals surface area contributed by atoms with E-state index < -0.39 is 41.3 Å². The van der Waals surface area contributed by atoms with Crippen LogP contribution in [0.4, 0.5) is 0 Å². The minimum Gasteiger partial charge on any atom is -0.508 e. The molecule has 2 aliphatic carbocycles. The van der Waals surface area contributed by atoms with Gasteiger partial charge in [-0.15, -0.1) is 0 Å². The summed E-state index contributed by atoms with van der Waals surface area (Å²) < 4.78 is 8.45. The number of aryl methyl sites for hydroxylation is 1. The van der Waals surface area contributed by atoms with Crippen LogP contribution in [0.1, 0.15) is 103 Å². The molecule has 1 saturated heterocycles. The Balaban J connectivity index is 1.16. The van der Waals surface area contributed by atoms with Crippen LogP contribution < -0.4 is 10.7 Å². The highest BCUT2D eigenvalue weighted by Crippen LogP contribution is 2.54. The molecule has 6 bridgehead atoms. The molecule has 2 aliphatic heterocycles. The molecule has 3 fully saturated rings. The summed E-state index contributed by atoms with van der Waals surface area (Å²) in [4.78, 5) is 78.0. The molecule has 0 radical (unpaired) electrons. The van der Waals surface area contributed by atoms with Crippen LogP contribution in [0.15, 0.2) is 54.7 Å². The predicted octanol–water partition coefficient (Wildman–Crippen LogP) is 6.86. The number of aromatic hydroxyl groups is 1. The third-order valence-electron chi connectivity index (χ3n) is 14.5. The number of phenols is 1. The zero-order valence-corrected chi connectivity index (χ0v) is 40.7. The van der Waals surface area contributed by atoms with Crippen LogP contribution in [0.5, 0.6) is 5.75 Å². The molecule has 14 heteroatoms. The van der Waals surface area contributed by atoms with Gasteiger partial charge in [0.05, 0.1) is 24.5 Å². The summed E-state index contributed by atoms with van der Waals surface area (Å²) >= 11 is 0. The van der Waals surface area contributed by atoms with E-state index in [9.17, 15) is 29.1 Å². The van der Waals surface area contributed by atoms with Crippen LogP contribution in [0.3, 0.4) is 0 Å². The van der Waals surface area contributed by atoms with Crippen molar-refractivity contribution in [1.82, 2.24) is 35.1 Å². The fraction of sp³-hybridized carbons (Fsp3) is 0.547. The molecule has 0 spiro atoms. The standard InChI is InChI=1S/C53H69N7O7/c1-10-59-44-16-15-33-26-40(44)41(48(59)39-13-11-17-54-46(39)30(2)3)27-53(6,7)29-67-52(66)42-14-12-18-60(56-42)51(65)43(21-32-19-34(33)25-38(61)20-32)55-49(63)47(31(4)5)58(9)45(62)28-57(8)50(64)37-23-35-22-36(35)24-37/h11,13,15-17,19-20,25-26,30-31,35-37,42-43,47,56,61H,10,12,14,18,21-24,27-29H2,1-9H3,(H,55,63)/t35-,36+,37-,42-,43-,47-/m0/s1. The van der Waals surface area contributed by atoms with Gasteiger partial charge in [-0.2, -0.15) is 0 Å². The summed E-state index contributed by atoms with van der Waals surface area (Å²) in [5.74, 6) is -0.893. The van der Waals surface area contributed by atoms with Gasteiger partial charge in [-0.25, -0.2) is 5.43 Å². The number of rotatable bonds is 10. The van der Waals surface area contributed by atoms with Gasteiger partial charge in [-0.1, -0.05) is 53.7 Å². The molecule has 4 heterocycles. The fourth-order valence-corrected chi connectivity index (χ4v) is 11.0. The fourth-order valence-electron chi connectivity index (χ4n) is 11.0. The van der Waals surface area contributed by atoms with E-state index in [0.29, 0.717) is 43.2 Å². The van der Waals surface area contributed by atoms with Crippen molar-refractivity contribution < 1.29 is 33.8 Å². The van der Waals surface area contributed by atoms with Gasteiger partial charge < -0.3 is 29.5 Å². The monoisotopic (exact) mass is 916 g/mol. The second-order valence-electron chi connectivity index (χ2n) is 21.1. The highest BCUT2D eigenvalue weighted by molar-refractivity contribution is 5.96. The number of aromatic nitrogens is 2. The Hall–Kier alpha value is -5.76. The maximum Gasteiger partial charge on any atom is 0.324 e. The number of ether oxygens (including phenoxy) is 1. The van der Waals surface area contributed by atoms with E-state index in [0.717, 1.165) is 57.4 Å². The molecular formula is C53H69N7O7. The Morgan fingerprint density at radius 3 is 2.45 bits per heavy atom. The number of hydrogen-bond donors (Lipinski definition) is 3. The maximum atomic E-state index is 14.7. The van der Waals surface area contributed by atoms with Gasteiger partial charge in [0.15, 0.2) is 0 Å². The van der Waals surface area contributed by atoms with Crippen LogP contribution in [0.2, 0.25) is 0 Å². The van der Waals surface area contributed by atoms with Crippen LogP contribution >= 0.6 is 0 Å². The number of hydrazine groups is 1. The Labute approximate surface area is 394 Å². The summed E-state index contributed by atoms with van der Waals surface area (Å²) in [6, 6.07) is 12.7. The number of carbonyl (C=O) groups is 5. The summed E-state index contributed by atoms with van der Waals surface area (Å²) in [5, 5.41) is 16.8. The highest BCUT2D eigenvalue weighted by atomic mass is 16.5. The first-order valence-corrected chi connectivity index (χ1v) is 24.3. The molecular weight excluding hydrogens is 847 g/mol. The molecule has 0 unspecified atom stereocenters. The second kappa shape index (κ2) is 19.1. The number of nitrogens with zero attached hydrogens (tertiary/aromatic N) is 5. The summed E-state index contributed by atoms with van der Waals surface area (Å²) in [7, 11) is 3.20. The van der Waals surface area contributed by atoms with E-state index in [2.05, 4.69) is 68.1 Å². The largest absolute Gasteiger partial charge is 0.508 e. The first-order valence-electron chi connectivity index (χ1n) is 24.3. The number of carbonyl (C=O) groups excluding carboxylic acids is 5. The minimum atomic E-state index is -1.16. The van der Waals surface area contributed by atoms with Gasteiger partial charge in [0.25, 0.3) is 5.91 Å². The van der Waals surface area contributed by atoms with Crippen LogP contribution in [0, 0.1) is 29.1 Å². The van der Waals surface area contributed by atoms with Crippen molar-refractivity contribution in [3.63, 3.8) is 0 Å². The topological polar surface area (TPSA) is 166 Å². The first kappa shape index (κ1) is 47.7. The van der Waals surface area contributed by atoms with Crippen molar-refractivity contribution in [3.8, 4) is 28.1 Å². The quantitative estimate of drug-likeness (QED) is 0.144. The molecule has 2 aromatic carbocycles. The number of likely N-dealkylation sites (N-methyl/N-ethyl adjacent to an activating group) is 2. The number of fused-ring (bicyclic) bond motifs is 7. The normalized spacial score (nSPS) is 23.1. The van der Waals surface area contributed by atoms with E-state index in [-0.39, 0.29) is 61.4 Å². The Morgan fingerprint density at radius 1 is 1.00 bits per heavy atom. The second-order valence-corrected chi connectivity index (χ2v) is 21.1. The van der Waals surface area contributed by atoms with Crippen molar-refractivity contribution in [1.29, 1.82) is 0 Å². The van der Waals surface area contributed by atoms with Crippen molar-refractivity contribution in [2.24, 2.45) is 29.1 Å². The Bertz CT molecular complexity index is 2550. The Morgan fingerprint density at radius 2 is 1.75 bits per heavy atom.